The van der Waals surface area contributed by atoms with Gasteiger partial charge in [0.05, 0.1) is 30.6 Å². The van der Waals surface area contributed by atoms with Crippen LogP contribution in [-0.4, -0.2) is 55.7 Å². The minimum Gasteiger partial charge on any atom is -0.377 e. The van der Waals surface area contributed by atoms with Crippen LogP contribution in [0.25, 0.3) is 33.5 Å². The normalized spacial score (nSPS) is 17.4. The second-order valence-electron chi connectivity index (χ2n) is 7.01. The van der Waals surface area contributed by atoms with E-state index in [2.05, 4.69) is 38.2 Å². The number of nitrogens with one attached hydrogen (secondary N) is 1. The molecule has 28 heavy (non-hydrogen) atoms. The second-order valence-corrected chi connectivity index (χ2v) is 7.01. The number of nitrogens with zero attached hydrogens (tertiary/aromatic N) is 6. The van der Waals surface area contributed by atoms with Gasteiger partial charge in [-0.25, -0.2) is 4.98 Å². The number of fused-ring (bicyclic) bond motifs is 1. The molecule has 0 aliphatic carbocycles. The standard InChI is InChI=1S/C20H21N7O/c1-13-12-28-10-9-27(13)18-11-15(17-5-8-23-26(17)2)14-3-6-21-20(19(14)24-18)16-4-7-22-25-16/h3-8,11,13H,9-10,12H2,1-2H3,(H,22,25). The molecule has 4 aromatic rings. The average molecular weight is 375 g/mol. The van der Waals surface area contributed by atoms with E-state index in [1.807, 2.05) is 42.3 Å². The van der Waals surface area contributed by atoms with Crippen LogP contribution < -0.4 is 4.90 Å². The minimum atomic E-state index is 0.255. The summed E-state index contributed by atoms with van der Waals surface area (Å²) in [7, 11) is 1.95. The molecule has 0 aromatic carbocycles. The van der Waals surface area contributed by atoms with Gasteiger partial charge in [0.15, 0.2) is 0 Å². The summed E-state index contributed by atoms with van der Waals surface area (Å²) in [6.07, 6.45) is 5.36. The molecular weight excluding hydrogens is 354 g/mol. The first-order chi connectivity index (χ1) is 13.7. The molecule has 1 aliphatic heterocycles. The zero-order valence-electron chi connectivity index (χ0n) is 15.8. The Morgan fingerprint density at radius 3 is 2.86 bits per heavy atom. The fraction of sp³-hybridized carbons (Fsp3) is 0.300. The van der Waals surface area contributed by atoms with Gasteiger partial charge in [-0.3, -0.25) is 14.8 Å². The van der Waals surface area contributed by atoms with E-state index >= 15 is 0 Å². The zero-order valence-corrected chi connectivity index (χ0v) is 15.8. The number of hydrogen-bond acceptors (Lipinski definition) is 6. The van der Waals surface area contributed by atoms with E-state index < -0.39 is 0 Å². The number of morpholine rings is 1. The maximum absolute atomic E-state index is 5.62. The Balaban J connectivity index is 1.79. The third-order valence-corrected chi connectivity index (χ3v) is 5.23. The Hall–Kier alpha value is -3.26. The highest BCUT2D eigenvalue weighted by Crippen LogP contribution is 2.35. The van der Waals surface area contributed by atoms with Crippen molar-refractivity contribution in [3.8, 4) is 22.6 Å². The molecule has 1 unspecified atom stereocenters. The Labute approximate surface area is 162 Å². The molecule has 1 saturated heterocycles. The molecule has 1 N–H and O–H groups in total. The predicted molar refractivity (Wildman–Crippen MR) is 107 cm³/mol. The quantitative estimate of drug-likeness (QED) is 0.593. The molecule has 1 aliphatic rings. The van der Waals surface area contributed by atoms with E-state index in [-0.39, 0.29) is 6.04 Å². The van der Waals surface area contributed by atoms with Gasteiger partial charge in [0.25, 0.3) is 0 Å². The number of aryl methyl sites for hydroxylation is 1. The highest BCUT2D eigenvalue weighted by Gasteiger charge is 2.23. The Morgan fingerprint density at radius 1 is 1.18 bits per heavy atom. The molecule has 0 spiro atoms. The first kappa shape index (κ1) is 16.9. The lowest BCUT2D eigenvalue weighted by molar-refractivity contribution is 0.0986. The summed E-state index contributed by atoms with van der Waals surface area (Å²) >= 11 is 0. The van der Waals surface area contributed by atoms with Crippen LogP contribution in [0.5, 0.6) is 0 Å². The van der Waals surface area contributed by atoms with Crippen molar-refractivity contribution < 1.29 is 4.74 Å². The van der Waals surface area contributed by atoms with Gasteiger partial charge in [0, 0.05) is 43.1 Å². The van der Waals surface area contributed by atoms with E-state index in [0.717, 1.165) is 45.9 Å². The predicted octanol–water partition coefficient (Wildman–Crippen LogP) is 2.65. The number of hydrogen-bond donors (Lipinski definition) is 1. The highest BCUT2D eigenvalue weighted by atomic mass is 16.5. The van der Waals surface area contributed by atoms with Crippen molar-refractivity contribution in [2.45, 2.75) is 13.0 Å². The van der Waals surface area contributed by atoms with E-state index in [0.29, 0.717) is 13.2 Å². The van der Waals surface area contributed by atoms with Crippen LogP contribution in [0, 0.1) is 0 Å². The lowest BCUT2D eigenvalue weighted by Gasteiger charge is -2.34. The maximum atomic E-state index is 5.62. The van der Waals surface area contributed by atoms with Crippen LogP contribution >= 0.6 is 0 Å². The number of rotatable bonds is 3. The summed E-state index contributed by atoms with van der Waals surface area (Å²) in [6, 6.07) is 8.36. The zero-order chi connectivity index (χ0) is 19.1. The van der Waals surface area contributed by atoms with E-state index in [4.69, 9.17) is 9.72 Å². The average Bonchev–Trinajstić information content (AvgIpc) is 3.39. The summed E-state index contributed by atoms with van der Waals surface area (Å²) in [6.45, 7) is 4.37. The van der Waals surface area contributed by atoms with Gasteiger partial charge in [0.2, 0.25) is 0 Å². The molecule has 1 atom stereocenters. The Morgan fingerprint density at radius 2 is 2.11 bits per heavy atom. The van der Waals surface area contributed by atoms with Gasteiger partial charge in [-0.05, 0) is 31.2 Å². The van der Waals surface area contributed by atoms with Crippen LogP contribution in [0.1, 0.15) is 6.92 Å². The van der Waals surface area contributed by atoms with Crippen molar-refractivity contribution >= 4 is 16.7 Å². The number of ether oxygens (including phenoxy) is 1. The molecular formula is C20H21N7O. The van der Waals surface area contributed by atoms with Crippen molar-refractivity contribution in [1.29, 1.82) is 0 Å². The van der Waals surface area contributed by atoms with Crippen LogP contribution in [0.2, 0.25) is 0 Å². The van der Waals surface area contributed by atoms with Gasteiger partial charge in [-0.15, -0.1) is 0 Å². The lowest BCUT2D eigenvalue weighted by atomic mass is 10.0. The van der Waals surface area contributed by atoms with Gasteiger partial charge in [-0.1, -0.05) is 0 Å². The molecule has 8 nitrogen and oxygen atoms in total. The van der Waals surface area contributed by atoms with Gasteiger partial charge >= 0.3 is 0 Å². The van der Waals surface area contributed by atoms with Gasteiger partial charge in [0.1, 0.15) is 17.0 Å². The van der Waals surface area contributed by atoms with Crippen LogP contribution in [0.4, 0.5) is 5.82 Å². The molecule has 1 fully saturated rings. The van der Waals surface area contributed by atoms with Crippen molar-refractivity contribution in [2.75, 3.05) is 24.7 Å². The highest BCUT2D eigenvalue weighted by molar-refractivity contribution is 6.01. The van der Waals surface area contributed by atoms with Gasteiger partial charge in [-0.2, -0.15) is 10.2 Å². The van der Waals surface area contributed by atoms with Crippen molar-refractivity contribution in [1.82, 2.24) is 29.9 Å². The monoisotopic (exact) mass is 375 g/mol. The van der Waals surface area contributed by atoms with E-state index in [9.17, 15) is 0 Å². The molecule has 5 heterocycles. The SMILES string of the molecule is CC1COCCN1c1cc(-c2ccnn2C)c2ccnc(-c3ccn[nH]3)c2n1. The summed E-state index contributed by atoms with van der Waals surface area (Å²) in [5.74, 6) is 0.924. The number of aromatic amines is 1. The lowest BCUT2D eigenvalue weighted by Crippen LogP contribution is -2.44. The first-order valence-corrected chi connectivity index (χ1v) is 9.34. The molecule has 142 valence electrons. The Kier molecular flexibility index (Phi) is 4.05. The fourth-order valence-electron chi connectivity index (χ4n) is 3.79. The molecule has 0 radical (unpaired) electrons. The number of aromatic nitrogens is 6. The first-order valence-electron chi connectivity index (χ1n) is 9.34. The van der Waals surface area contributed by atoms with E-state index in [1.165, 1.54) is 0 Å². The molecule has 0 amide bonds. The van der Waals surface area contributed by atoms with Crippen LogP contribution in [0.15, 0.2) is 42.9 Å². The van der Waals surface area contributed by atoms with Gasteiger partial charge < -0.3 is 9.64 Å². The van der Waals surface area contributed by atoms with Crippen molar-refractivity contribution in [3.63, 3.8) is 0 Å². The largest absolute Gasteiger partial charge is 0.377 e. The van der Waals surface area contributed by atoms with E-state index in [1.54, 1.807) is 6.20 Å². The summed E-state index contributed by atoms with van der Waals surface area (Å²) in [4.78, 5) is 11.9. The molecule has 4 aromatic heterocycles. The molecule has 0 bridgehead atoms. The maximum Gasteiger partial charge on any atom is 0.130 e. The van der Waals surface area contributed by atoms with Crippen molar-refractivity contribution in [2.24, 2.45) is 7.05 Å². The molecule has 8 heteroatoms. The number of H-pyrrole nitrogens is 1. The Bertz CT molecular complexity index is 1120. The topological polar surface area (TPSA) is 84.8 Å². The third kappa shape index (κ3) is 2.73. The van der Waals surface area contributed by atoms with Crippen molar-refractivity contribution in [3.05, 3.63) is 42.9 Å². The fourth-order valence-corrected chi connectivity index (χ4v) is 3.79. The summed E-state index contributed by atoms with van der Waals surface area (Å²) < 4.78 is 7.50. The summed E-state index contributed by atoms with van der Waals surface area (Å²) in [5, 5.41) is 12.5. The van der Waals surface area contributed by atoms with Crippen LogP contribution in [0.3, 0.4) is 0 Å². The number of anilines is 1. The second kappa shape index (κ2) is 6.72. The summed E-state index contributed by atoms with van der Waals surface area (Å²) in [5.41, 5.74) is 4.61. The number of pyridine rings is 2. The van der Waals surface area contributed by atoms with Crippen LogP contribution in [-0.2, 0) is 11.8 Å². The minimum absolute atomic E-state index is 0.255. The molecule has 0 saturated carbocycles. The molecule has 5 rings (SSSR count). The third-order valence-electron chi connectivity index (χ3n) is 5.23. The smallest absolute Gasteiger partial charge is 0.130 e.